The largest absolute Gasteiger partial charge is 0.505 e. The van der Waals surface area contributed by atoms with Gasteiger partial charge in [0.25, 0.3) is 11.5 Å². The predicted molar refractivity (Wildman–Crippen MR) is 122 cm³/mol. The molecule has 4 aromatic rings. The van der Waals surface area contributed by atoms with E-state index in [0.29, 0.717) is 0 Å². The van der Waals surface area contributed by atoms with Gasteiger partial charge < -0.3 is 16.2 Å². The minimum absolute atomic E-state index is 0.0848. The second kappa shape index (κ2) is 8.73. The Morgan fingerprint density at radius 1 is 1.09 bits per heavy atom. The first kappa shape index (κ1) is 21.4. The van der Waals surface area contributed by atoms with Crippen molar-refractivity contribution in [1.82, 2.24) is 9.29 Å². The number of fused-ring (bicyclic) bond motifs is 1. The monoisotopic (exact) mass is 470 g/mol. The van der Waals surface area contributed by atoms with Gasteiger partial charge in [0, 0.05) is 11.1 Å². The van der Waals surface area contributed by atoms with E-state index in [-0.39, 0.29) is 22.1 Å². The normalized spacial score (nSPS) is 10.8. The molecule has 0 bridgehead atoms. The fraction of sp³-hybridized carbons (Fsp3) is 0. The molecule has 3 amide bonds. The number of urea groups is 1. The number of carbonyl (C=O) groups is 2. The van der Waals surface area contributed by atoms with Crippen molar-refractivity contribution in [2.75, 3.05) is 5.32 Å². The lowest BCUT2D eigenvalue weighted by Gasteiger charge is -2.16. The van der Waals surface area contributed by atoms with E-state index in [1.807, 2.05) is 17.5 Å². The molecule has 0 saturated carbocycles. The molecule has 8 nitrogen and oxygen atoms in total. The number of aromatic hydroxyl groups is 1. The molecule has 0 atom stereocenters. The first-order valence-corrected chi connectivity index (χ1v) is 10.8. The Kier molecular flexibility index (Phi) is 5.84. The molecule has 2 heterocycles. The van der Waals surface area contributed by atoms with Crippen molar-refractivity contribution in [3.63, 3.8) is 0 Å². The standard InChI is InChI=1S/C21H15FN4O4S2/c22-14-10-11(24-21(30)25-32-16-6-3-9-31-16)7-8-15(14)26-17(19(23)28)18(27)12-4-1-2-5-13(12)20(26)29/h1-10,27H,(H2,23,28)(H2,24,25,30). The van der Waals surface area contributed by atoms with Crippen molar-refractivity contribution in [1.29, 1.82) is 0 Å². The molecule has 0 radical (unpaired) electrons. The highest BCUT2D eigenvalue weighted by atomic mass is 32.2. The molecule has 32 heavy (non-hydrogen) atoms. The SMILES string of the molecule is NC(=O)c1c(O)c2ccccc2c(=O)n1-c1ccc(NC(=O)NSc2cccs2)cc1F. The number of amides is 3. The molecule has 162 valence electrons. The van der Waals surface area contributed by atoms with Crippen LogP contribution in [0.1, 0.15) is 10.5 Å². The van der Waals surface area contributed by atoms with Crippen molar-refractivity contribution in [3.05, 3.63) is 81.8 Å². The molecule has 2 aromatic heterocycles. The average Bonchev–Trinajstić information content (AvgIpc) is 3.29. The highest BCUT2D eigenvalue weighted by Gasteiger charge is 2.23. The number of pyridine rings is 1. The number of primary amides is 1. The Bertz CT molecular complexity index is 1400. The van der Waals surface area contributed by atoms with Crippen LogP contribution in [0.5, 0.6) is 5.75 Å². The first-order valence-electron chi connectivity index (χ1n) is 9.10. The van der Waals surface area contributed by atoms with Gasteiger partial charge in [0.15, 0.2) is 11.4 Å². The number of benzene rings is 2. The Balaban J connectivity index is 1.69. The summed E-state index contributed by atoms with van der Waals surface area (Å²) in [6.07, 6.45) is 0. The van der Waals surface area contributed by atoms with Crippen LogP contribution in [0.4, 0.5) is 14.9 Å². The summed E-state index contributed by atoms with van der Waals surface area (Å²) in [5.41, 5.74) is 3.93. The summed E-state index contributed by atoms with van der Waals surface area (Å²) in [6.45, 7) is 0. The predicted octanol–water partition coefficient (Wildman–Crippen LogP) is 3.82. The van der Waals surface area contributed by atoms with E-state index in [2.05, 4.69) is 10.0 Å². The van der Waals surface area contributed by atoms with Crippen molar-refractivity contribution >= 4 is 51.7 Å². The molecular weight excluding hydrogens is 455 g/mol. The summed E-state index contributed by atoms with van der Waals surface area (Å²) < 4.78 is 19.1. The summed E-state index contributed by atoms with van der Waals surface area (Å²) in [5.74, 6) is -2.54. The third-order valence-electron chi connectivity index (χ3n) is 4.48. The quantitative estimate of drug-likeness (QED) is 0.330. The number of nitrogens with zero attached hydrogens (tertiary/aromatic N) is 1. The maximum absolute atomic E-state index is 15.0. The third-order valence-corrected chi connectivity index (χ3v) is 6.31. The zero-order valence-electron chi connectivity index (χ0n) is 16.2. The highest BCUT2D eigenvalue weighted by molar-refractivity contribution is 7.99. The first-order chi connectivity index (χ1) is 15.4. The second-order valence-electron chi connectivity index (χ2n) is 6.50. The van der Waals surface area contributed by atoms with Gasteiger partial charge >= 0.3 is 6.03 Å². The van der Waals surface area contributed by atoms with Crippen molar-refractivity contribution in [2.45, 2.75) is 4.21 Å². The number of anilines is 1. The van der Waals surface area contributed by atoms with Gasteiger partial charge in [-0.25, -0.2) is 9.18 Å². The molecule has 4 rings (SSSR count). The van der Waals surface area contributed by atoms with Crippen LogP contribution in [0.3, 0.4) is 0 Å². The average molecular weight is 471 g/mol. The van der Waals surface area contributed by atoms with Crippen molar-refractivity contribution < 1.29 is 19.1 Å². The van der Waals surface area contributed by atoms with Crippen molar-refractivity contribution in [2.24, 2.45) is 5.73 Å². The van der Waals surface area contributed by atoms with Gasteiger partial charge in [0.1, 0.15) is 5.82 Å². The van der Waals surface area contributed by atoms with E-state index < -0.39 is 34.8 Å². The number of nitrogens with two attached hydrogens (primary N) is 1. The van der Waals surface area contributed by atoms with Gasteiger partial charge in [-0.2, -0.15) is 0 Å². The van der Waals surface area contributed by atoms with Gasteiger partial charge in [0.05, 0.1) is 15.3 Å². The summed E-state index contributed by atoms with van der Waals surface area (Å²) in [4.78, 5) is 37.1. The molecule has 0 fully saturated rings. The smallest absolute Gasteiger partial charge is 0.329 e. The molecule has 5 N–H and O–H groups in total. The Morgan fingerprint density at radius 3 is 2.50 bits per heavy atom. The molecular formula is C21H15FN4O4S2. The van der Waals surface area contributed by atoms with E-state index in [4.69, 9.17) is 5.73 Å². The summed E-state index contributed by atoms with van der Waals surface area (Å²) >= 11 is 2.56. The number of aromatic nitrogens is 1. The molecule has 0 saturated heterocycles. The molecule has 0 spiro atoms. The number of halogens is 1. The minimum Gasteiger partial charge on any atom is -0.505 e. The van der Waals surface area contributed by atoms with Crippen LogP contribution in [0.25, 0.3) is 16.5 Å². The minimum atomic E-state index is -1.10. The number of nitrogens with one attached hydrogen (secondary N) is 2. The zero-order valence-corrected chi connectivity index (χ0v) is 17.8. The number of carbonyl (C=O) groups excluding carboxylic acids is 2. The van der Waals surface area contributed by atoms with E-state index in [1.54, 1.807) is 12.1 Å². The van der Waals surface area contributed by atoms with Crippen LogP contribution in [-0.4, -0.2) is 21.6 Å². The van der Waals surface area contributed by atoms with Gasteiger partial charge in [-0.3, -0.25) is 18.9 Å². The summed E-state index contributed by atoms with van der Waals surface area (Å²) in [5, 5.41) is 15.1. The third kappa shape index (κ3) is 4.03. The lowest BCUT2D eigenvalue weighted by Crippen LogP contribution is -2.29. The van der Waals surface area contributed by atoms with E-state index in [0.717, 1.165) is 26.8 Å². The Morgan fingerprint density at radius 2 is 1.84 bits per heavy atom. The fourth-order valence-electron chi connectivity index (χ4n) is 3.13. The van der Waals surface area contributed by atoms with Gasteiger partial charge in [-0.15, -0.1) is 11.3 Å². The van der Waals surface area contributed by atoms with Crippen LogP contribution in [0, 0.1) is 5.82 Å². The van der Waals surface area contributed by atoms with Crippen LogP contribution in [0.2, 0.25) is 0 Å². The Hall–Kier alpha value is -3.83. The molecule has 11 heteroatoms. The van der Waals surface area contributed by atoms with Crippen LogP contribution in [0.15, 0.2) is 69.0 Å². The van der Waals surface area contributed by atoms with E-state index >= 15 is 0 Å². The topological polar surface area (TPSA) is 126 Å². The van der Waals surface area contributed by atoms with Crippen molar-refractivity contribution in [3.8, 4) is 11.4 Å². The second-order valence-corrected chi connectivity index (χ2v) is 8.56. The fourth-order valence-corrected chi connectivity index (χ4v) is 4.45. The lowest BCUT2D eigenvalue weighted by molar-refractivity contribution is 0.0990. The summed E-state index contributed by atoms with van der Waals surface area (Å²) in [7, 11) is 0. The molecule has 2 aromatic carbocycles. The van der Waals surface area contributed by atoms with Crippen LogP contribution in [-0.2, 0) is 0 Å². The zero-order chi connectivity index (χ0) is 22.8. The van der Waals surface area contributed by atoms with E-state index in [1.165, 1.54) is 35.6 Å². The number of rotatable bonds is 5. The van der Waals surface area contributed by atoms with Crippen LogP contribution < -0.4 is 21.3 Å². The summed E-state index contributed by atoms with van der Waals surface area (Å²) in [6, 6.07) is 12.7. The molecule has 0 aliphatic rings. The number of hydrogen-bond acceptors (Lipinski definition) is 6. The van der Waals surface area contributed by atoms with E-state index in [9.17, 15) is 23.9 Å². The van der Waals surface area contributed by atoms with Gasteiger partial charge in [-0.1, -0.05) is 24.3 Å². The maximum atomic E-state index is 15.0. The molecule has 0 aliphatic carbocycles. The highest BCUT2D eigenvalue weighted by Crippen LogP contribution is 2.29. The number of thiophene rings is 1. The van der Waals surface area contributed by atoms with Crippen LogP contribution >= 0.6 is 23.3 Å². The number of hydrogen-bond donors (Lipinski definition) is 4. The molecule has 0 aliphatic heterocycles. The Labute approximate surface area is 188 Å². The van der Waals surface area contributed by atoms with Gasteiger partial charge in [-0.05, 0) is 47.7 Å². The molecule has 0 unspecified atom stereocenters. The lowest BCUT2D eigenvalue weighted by atomic mass is 10.1. The van der Waals surface area contributed by atoms with Gasteiger partial charge in [0.2, 0.25) is 0 Å². The maximum Gasteiger partial charge on any atom is 0.329 e.